The van der Waals surface area contributed by atoms with Crippen molar-refractivity contribution in [1.29, 1.82) is 0 Å². The minimum atomic E-state index is -0.399. The summed E-state index contributed by atoms with van der Waals surface area (Å²) in [6, 6.07) is 3.10. The van der Waals surface area contributed by atoms with Gasteiger partial charge in [0.05, 0.1) is 11.4 Å². The van der Waals surface area contributed by atoms with Gasteiger partial charge in [-0.05, 0) is 24.1 Å². The number of nitrogens with zero attached hydrogens (tertiary/aromatic N) is 1. The molecule has 23 heavy (non-hydrogen) atoms. The maximum Gasteiger partial charge on any atom is 0.242 e. The van der Waals surface area contributed by atoms with Crippen LogP contribution in [0, 0.1) is 0 Å². The van der Waals surface area contributed by atoms with E-state index in [-0.39, 0.29) is 18.2 Å². The van der Waals surface area contributed by atoms with Gasteiger partial charge in [-0.3, -0.25) is 9.59 Å². The van der Waals surface area contributed by atoms with Crippen LogP contribution < -0.4 is 14.8 Å². The van der Waals surface area contributed by atoms with Crippen LogP contribution in [0.1, 0.15) is 18.9 Å². The average molecular weight is 339 g/mol. The molecule has 0 saturated carbocycles. The quantitative estimate of drug-likeness (QED) is 0.904. The van der Waals surface area contributed by atoms with Gasteiger partial charge in [-0.25, -0.2) is 0 Å². The summed E-state index contributed by atoms with van der Waals surface area (Å²) in [4.78, 5) is 26.1. The summed E-state index contributed by atoms with van der Waals surface area (Å²) in [6.07, 6.45) is 0.777. The SMILES string of the molecule is CCC1C(=O)NCCN1C(=O)Cc1cc(Cl)c2c(c1)OCCO2. The first-order chi connectivity index (χ1) is 11.1. The molecule has 1 N–H and O–H groups in total. The van der Waals surface area contributed by atoms with E-state index in [1.165, 1.54) is 0 Å². The molecular weight excluding hydrogens is 320 g/mol. The highest BCUT2D eigenvalue weighted by Crippen LogP contribution is 2.38. The van der Waals surface area contributed by atoms with Crippen molar-refractivity contribution in [3.8, 4) is 11.5 Å². The molecule has 0 radical (unpaired) electrons. The second kappa shape index (κ2) is 6.66. The van der Waals surface area contributed by atoms with Crippen molar-refractivity contribution >= 4 is 23.4 Å². The molecule has 7 heteroatoms. The molecule has 1 aromatic carbocycles. The molecule has 1 atom stereocenters. The Bertz CT molecular complexity index is 635. The third-order valence-corrected chi connectivity index (χ3v) is 4.33. The van der Waals surface area contributed by atoms with Crippen LogP contribution in [0.4, 0.5) is 0 Å². The Morgan fingerprint density at radius 3 is 2.96 bits per heavy atom. The normalized spacial score (nSPS) is 20.2. The topological polar surface area (TPSA) is 67.9 Å². The fourth-order valence-corrected chi connectivity index (χ4v) is 3.25. The lowest BCUT2D eigenvalue weighted by atomic mass is 10.1. The van der Waals surface area contributed by atoms with Gasteiger partial charge >= 0.3 is 0 Å². The van der Waals surface area contributed by atoms with E-state index in [0.717, 1.165) is 5.56 Å². The van der Waals surface area contributed by atoms with E-state index in [1.54, 1.807) is 17.0 Å². The summed E-state index contributed by atoms with van der Waals surface area (Å²) in [6.45, 7) is 3.85. The first kappa shape index (κ1) is 15.9. The first-order valence-corrected chi connectivity index (χ1v) is 8.13. The Kier molecular flexibility index (Phi) is 4.61. The van der Waals surface area contributed by atoms with Crippen LogP contribution in [0.15, 0.2) is 12.1 Å². The fraction of sp³-hybridized carbons (Fsp3) is 0.500. The summed E-state index contributed by atoms with van der Waals surface area (Å²) in [7, 11) is 0. The molecule has 1 aromatic rings. The number of carbonyl (C=O) groups is 2. The summed E-state index contributed by atoms with van der Waals surface area (Å²) in [5.74, 6) is 0.916. The van der Waals surface area contributed by atoms with Crippen LogP contribution >= 0.6 is 11.6 Å². The number of nitrogens with one attached hydrogen (secondary N) is 1. The van der Waals surface area contributed by atoms with Crippen LogP contribution in [0.5, 0.6) is 11.5 Å². The van der Waals surface area contributed by atoms with E-state index in [1.807, 2.05) is 6.92 Å². The molecular formula is C16H19ClN2O4. The number of rotatable bonds is 3. The molecule has 6 nitrogen and oxygen atoms in total. The van der Waals surface area contributed by atoms with Crippen LogP contribution in [0.25, 0.3) is 0 Å². The zero-order chi connectivity index (χ0) is 16.4. The molecule has 0 spiro atoms. The van der Waals surface area contributed by atoms with Gasteiger partial charge in [0.15, 0.2) is 11.5 Å². The molecule has 2 heterocycles. The van der Waals surface area contributed by atoms with Crippen molar-refractivity contribution in [2.75, 3.05) is 26.3 Å². The number of hydrogen-bond donors (Lipinski definition) is 1. The minimum Gasteiger partial charge on any atom is -0.486 e. The number of hydrogen-bond acceptors (Lipinski definition) is 4. The van der Waals surface area contributed by atoms with Crippen molar-refractivity contribution < 1.29 is 19.1 Å². The number of carbonyl (C=O) groups excluding carboxylic acids is 2. The van der Waals surface area contributed by atoms with Gasteiger partial charge < -0.3 is 19.7 Å². The monoisotopic (exact) mass is 338 g/mol. The maximum atomic E-state index is 12.6. The van der Waals surface area contributed by atoms with E-state index < -0.39 is 6.04 Å². The van der Waals surface area contributed by atoms with E-state index in [2.05, 4.69) is 5.32 Å². The van der Waals surface area contributed by atoms with Gasteiger partial charge in [-0.2, -0.15) is 0 Å². The first-order valence-electron chi connectivity index (χ1n) is 7.75. The molecule has 1 unspecified atom stereocenters. The molecule has 124 valence electrons. The molecule has 3 rings (SSSR count). The van der Waals surface area contributed by atoms with Crippen molar-refractivity contribution in [2.45, 2.75) is 25.8 Å². The highest BCUT2D eigenvalue weighted by atomic mass is 35.5. The van der Waals surface area contributed by atoms with Crippen molar-refractivity contribution in [2.24, 2.45) is 0 Å². The van der Waals surface area contributed by atoms with E-state index in [0.29, 0.717) is 49.2 Å². The summed E-state index contributed by atoms with van der Waals surface area (Å²) in [5.41, 5.74) is 0.755. The van der Waals surface area contributed by atoms with Gasteiger partial charge in [-0.15, -0.1) is 0 Å². The number of piperazine rings is 1. The van der Waals surface area contributed by atoms with Crippen LogP contribution in [-0.2, 0) is 16.0 Å². The van der Waals surface area contributed by atoms with Crippen LogP contribution in [0.2, 0.25) is 5.02 Å². The Labute approximate surface area is 139 Å². The van der Waals surface area contributed by atoms with Gasteiger partial charge in [0.25, 0.3) is 0 Å². The molecule has 0 aromatic heterocycles. The maximum absolute atomic E-state index is 12.6. The standard InChI is InChI=1S/C16H19ClN2O4/c1-2-12-16(21)18-3-4-19(12)14(20)9-10-7-11(17)15-13(8-10)22-5-6-23-15/h7-8,12H,2-6,9H2,1H3,(H,18,21). The zero-order valence-electron chi connectivity index (χ0n) is 12.9. The molecule has 2 aliphatic rings. The fourth-order valence-electron chi connectivity index (χ4n) is 2.96. The Balaban J connectivity index is 1.77. The molecule has 2 amide bonds. The molecule has 1 saturated heterocycles. The predicted molar refractivity (Wildman–Crippen MR) is 84.9 cm³/mol. The van der Waals surface area contributed by atoms with Crippen molar-refractivity contribution in [3.63, 3.8) is 0 Å². The second-order valence-electron chi connectivity index (χ2n) is 5.58. The second-order valence-corrected chi connectivity index (χ2v) is 5.99. The predicted octanol–water partition coefficient (Wildman–Crippen LogP) is 1.39. The average Bonchev–Trinajstić information content (AvgIpc) is 2.54. The van der Waals surface area contributed by atoms with Gasteiger partial charge in [0, 0.05) is 13.1 Å². The number of fused-ring (bicyclic) bond motifs is 1. The minimum absolute atomic E-state index is 0.0838. The van der Waals surface area contributed by atoms with Gasteiger partial charge in [0.1, 0.15) is 19.3 Å². The third kappa shape index (κ3) is 3.22. The number of halogens is 1. The largest absolute Gasteiger partial charge is 0.486 e. The highest BCUT2D eigenvalue weighted by Gasteiger charge is 2.31. The number of benzene rings is 1. The van der Waals surface area contributed by atoms with Crippen LogP contribution in [0.3, 0.4) is 0 Å². The highest BCUT2D eigenvalue weighted by molar-refractivity contribution is 6.32. The lowest BCUT2D eigenvalue weighted by Crippen LogP contribution is -2.57. The molecule has 0 aliphatic carbocycles. The van der Waals surface area contributed by atoms with Crippen LogP contribution in [-0.4, -0.2) is 49.1 Å². The Morgan fingerprint density at radius 1 is 1.39 bits per heavy atom. The number of ether oxygens (including phenoxy) is 2. The van der Waals surface area contributed by atoms with Gasteiger partial charge in [-0.1, -0.05) is 18.5 Å². The van der Waals surface area contributed by atoms with E-state index >= 15 is 0 Å². The van der Waals surface area contributed by atoms with Crippen molar-refractivity contribution in [1.82, 2.24) is 10.2 Å². The Morgan fingerprint density at radius 2 is 2.17 bits per heavy atom. The van der Waals surface area contributed by atoms with E-state index in [9.17, 15) is 9.59 Å². The van der Waals surface area contributed by atoms with E-state index in [4.69, 9.17) is 21.1 Å². The van der Waals surface area contributed by atoms with Crippen molar-refractivity contribution in [3.05, 3.63) is 22.7 Å². The molecule has 1 fully saturated rings. The zero-order valence-corrected chi connectivity index (χ0v) is 13.7. The summed E-state index contributed by atoms with van der Waals surface area (Å²) < 4.78 is 11.0. The van der Waals surface area contributed by atoms with Gasteiger partial charge in [0.2, 0.25) is 11.8 Å². The number of amides is 2. The summed E-state index contributed by atoms with van der Waals surface area (Å²) >= 11 is 6.20. The lowest BCUT2D eigenvalue weighted by Gasteiger charge is -2.34. The Hall–Kier alpha value is -1.95. The molecule has 2 aliphatic heterocycles. The smallest absolute Gasteiger partial charge is 0.242 e. The third-order valence-electron chi connectivity index (χ3n) is 4.05. The summed E-state index contributed by atoms with van der Waals surface area (Å²) in [5, 5.41) is 3.23. The molecule has 0 bridgehead atoms. The lowest BCUT2D eigenvalue weighted by molar-refractivity contribution is -0.142.